The van der Waals surface area contributed by atoms with E-state index in [-0.39, 0.29) is 11.8 Å². The molecule has 32 heavy (non-hydrogen) atoms. The average Bonchev–Trinajstić information content (AvgIpc) is 3.62. The lowest BCUT2D eigenvalue weighted by molar-refractivity contribution is 0.0964. The molecule has 5 rings (SSSR count). The summed E-state index contributed by atoms with van der Waals surface area (Å²) in [7, 11) is -0.0149. The van der Waals surface area contributed by atoms with Crippen LogP contribution in [0.3, 0.4) is 0 Å². The summed E-state index contributed by atoms with van der Waals surface area (Å²) in [6.45, 7) is 0.839. The summed E-state index contributed by atoms with van der Waals surface area (Å²) in [5.41, 5.74) is 3.13. The molecule has 1 amide bonds. The van der Waals surface area contributed by atoms with Crippen molar-refractivity contribution in [2.75, 3.05) is 20.1 Å². The molecule has 3 aromatic rings. The molecule has 1 aliphatic heterocycles. The van der Waals surface area contributed by atoms with Gasteiger partial charge in [-0.05, 0) is 43.9 Å². The van der Waals surface area contributed by atoms with Gasteiger partial charge in [0.2, 0.25) is 0 Å². The fraction of sp³-hybridized carbons (Fsp3) is 0.435. The smallest absolute Gasteiger partial charge is 0.251 e. The van der Waals surface area contributed by atoms with E-state index >= 15 is 0 Å². The van der Waals surface area contributed by atoms with Crippen LogP contribution in [-0.4, -0.2) is 49.7 Å². The Balaban J connectivity index is 1.46. The summed E-state index contributed by atoms with van der Waals surface area (Å²) < 4.78 is 29.3. The maximum absolute atomic E-state index is 13.0. The van der Waals surface area contributed by atoms with Gasteiger partial charge in [0.1, 0.15) is 0 Å². The predicted molar refractivity (Wildman–Crippen MR) is 121 cm³/mol. The highest BCUT2D eigenvalue weighted by Gasteiger charge is 2.36. The van der Waals surface area contributed by atoms with E-state index < -0.39 is 10.4 Å². The van der Waals surface area contributed by atoms with Crippen LogP contribution in [0.4, 0.5) is 0 Å². The molecule has 2 fully saturated rings. The lowest BCUT2D eigenvalue weighted by Crippen LogP contribution is -2.41. The SMILES string of the molecule is CNC(=O)c1cc(C2CC2)nc2c1c(C1CCN([S+](=O)([O-])c3ccccc3)CC1)nn2C. The van der Waals surface area contributed by atoms with Crippen molar-refractivity contribution in [2.45, 2.75) is 42.4 Å². The van der Waals surface area contributed by atoms with Crippen LogP contribution in [-0.2, 0) is 21.7 Å². The fourth-order valence-corrected chi connectivity index (χ4v) is 6.09. The van der Waals surface area contributed by atoms with Crippen molar-refractivity contribution in [3.05, 3.63) is 53.3 Å². The first-order valence-electron chi connectivity index (χ1n) is 11.0. The zero-order valence-corrected chi connectivity index (χ0v) is 19.1. The predicted octanol–water partition coefficient (Wildman–Crippen LogP) is 2.99. The van der Waals surface area contributed by atoms with Crippen LogP contribution >= 0.6 is 0 Å². The average molecular weight is 454 g/mol. The van der Waals surface area contributed by atoms with Gasteiger partial charge in [-0.15, -0.1) is 4.31 Å². The lowest BCUT2D eigenvalue weighted by Gasteiger charge is -2.33. The van der Waals surface area contributed by atoms with E-state index in [1.807, 2.05) is 19.2 Å². The number of hydrogen-bond donors (Lipinski definition) is 1. The maximum Gasteiger partial charge on any atom is 0.251 e. The molecule has 2 aromatic heterocycles. The summed E-state index contributed by atoms with van der Waals surface area (Å²) in [6.07, 6.45) is 3.50. The number of fused-ring (bicyclic) bond motifs is 1. The molecule has 9 heteroatoms. The first-order valence-corrected chi connectivity index (χ1v) is 12.5. The summed E-state index contributed by atoms with van der Waals surface area (Å²) in [4.78, 5) is 17.9. The Morgan fingerprint density at radius 1 is 1.12 bits per heavy atom. The Kier molecular flexibility index (Phi) is 5.35. The van der Waals surface area contributed by atoms with Crippen molar-refractivity contribution in [3.63, 3.8) is 0 Å². The van der Waals surface area contributed by atoms with Gasteiger partial charge in [0, 0.05) is 44.7 Å². The molecule has 3 heterocycles. The molecule has 168 valence electrons. The quantitative estimate of drug-likeness (QED) is 0.598. The van der Waals surface area contributed by atoms with E-state index in [1.54, 1.807) is 40.3 Å². The number of aryl methyl sites for hydroxylation is 1. The van der Waals surface area contributed by atoms with Gasteiger partial charge in [0.25, 0.3) is 5.91 Å². The monoisotopic (exact) mass is 453 g/mol. The van der Waals surface area contributed by atoms with Crippen LogP contribution in [0, 0.1) is 0 Å². The molecule has 1 saturated heterocycles. The van der Waals surface area contributed by atoms with Crippen molar-refractivity contribution < 1.29 is 13.6 Å². The highest BCUT2D eigenvalue weighted by Crippen LogP contribution is 2.42. The van der Waals surface area contributed by atoms with E-state index in [2.05, 4.69) is 5.32 Å². The normalized spacial score (nSPS) is 19.7. The molecule has 0 radical (unpaired) electrons. The van der Waals surface area contributed by atoms with Gasteiger partial charge in [-0.25, -0.2) is 4.98 Å². The number of nitrogens with one attached hydrogen (secondary N) is 1. The van der Waals surface area contributed by atoms with Crippen molar-refractivity contribution in [3.8, 4) is 0 Å². The van der Waals surface area contributed by atoms with E-state index in [0.717, 1.165) is 35.3 Å². The number of piperidine rings is 1. The number of pyridine rings is 1. The second kappa shape index (κ2) is 8.06. The topological polar surface area (TPSA) is 103 Å². The van der Waals surface area contributed by atoms with Crippen LogP contribution < -0.4 is 5.32 Å². The molecule has 0 spiro atoms. The molecule has 1 aliphatic carbocycles. The Labute approximate surface area is 188 Å². The Morgan fingerprint density at radius 3 is 2.44 bits per heavy atom. The van der Waals surface area contributed by atoms with Crippen LogP contribution in [0.1, 0.15) is 59.3 Å². The van der Waals surface area contributed by atoms with Crippen molar-refractivity contribution in [1.82, 2.24) is 24.4 Å². The van der Waals surface area contributed by atoms with Gasteiger partial charge < -0.3 is 9.87 Å². The number of nitrogens with zero attached hydrogens (tertiary/aromatic N) is 4. The molecule has 1 N–H and O–H groups in total. The zero-order chi connectivity index (χ0) is 22.5. The lowest BCUT2D eigenvalue weighted by atomic mass is 9.91. The minimum atomic E-state index is -3.51. The van der Waals surface area contributed by atoms with Gasteiger partial charge in [-0.3, -0.25) is 9.48 Å². The fourth-order valence-electron chi connectivity index (χ4n) is 4.60. The molecular formula is C23H27N5O3S. The number of amides is 1. The van der Waals surface area contributed by atoms with Gasteiger partial charge in [0.05, 0.1) is 16.6 Å². The van der Waals surface area contributed by atoms with E-state index in [4.69, 9.17) is 10.1 Å². The number of hydrogen-bond acceptors (Lipinski definition) is 5. The summed E-state index contributed by atoms with van der Waals surface area (Å²) in [5.74, 6) is 0.350. The summed E-state index contributed by atoms with van der Waals surface area (Å²) in [5, 5.41) is 8.31. The van der Waals surface area contributed by atoms with Crippen LogP contribution in [0.25, 0.3) is 11.0 Å². The van der Waals surface area contributed by atoms with E-state index in [0.29, 0.717) is 42.3 Å². The van der Waals surface area contributed by atoms with Gasteiger partial charge in [-0.1, -0.05) is 22.4 Å². The minimum Gasteiger partial charge on any atom is -0.593 e. The van der Waals surface area contributed by atoms with Gasteiger partial charge in [-0.2, -0.15) is 5.10 Å². The van der Waals surface area contributed by atoms with Crippen LogP contribution in [0.15, 0.2) is 41.3 Å². The largest absolute Gasteiger partial charge is 0.593 e. The molecule has 0 bridgehead atoms. The number of aromatic nitrogens is 3. The number of rotatable bonds is 5. The molecule has 2 aliphatic rings. The number of carbonyl (C=O) groups excluding carboxylic acids is 1. The van der Waals surface area contributed by atoms with Gasteiger partial charge in [0.15, 0.2) is 20.9 Å². The molecule has 1 saturated carbocycles. The molecule has 1 unspecified atom stereocenters. The van der Waals surface area contributed by atoms with Crippen molar-refractivity contribution >= 4 is 27.3 Å². The van der Waals surface area contributed by atoms with E-state index in [1.165, 1.54) is 0 Å². The Hall–Kier alpha value is -2.62. The minimum absolute atomic E-state index is 0.0675. The first kappa shape index (κ1) is 21.2. The summed E-state index contributed by atoms with van der Waals surface area (Å²) >= 11 is 0. The third kappa shape index (κ3) is 3.64. The molecule has 1 atom stereocenters. The molecular weight excluding hydrogens is 426 g/mol. The maximum atomic E-state index is 13.0. The molecule has 1 aromatic carbocycles. The Bertz CT molecular complexity index is 1210. The number of carbonyl (C=O) groups is 1. The standard InChI is InChI=1S/C23H27N5O3S/c1-24-23(29)18-14-19(15-8-9-15)25-22-20(18)21(26-27(22)2)16-10-12-28(13-11-16)32(30,31)17-6-4-3-5-7-17/h3-7,14-16H,8-13H2,1-2H3,(H-,24,29,30,31). The summed E-state index contributed by atoms with van der Waals surface area (Å²) in [6, 6.07) is 10.5. The zero-order valence-electron chi connectivity index (χ0n) is 18.3. The van der Waals surface area contributed by atoms with Crippen molar-refractivity contribution in [1.29, 1.82) is 0 Å². The van der Waals surface area contributed by atoms with E-state index in [9.17, 15) is 13.6 Å². The second-order valence-corrected chi connectivity index (χ2v) is 10.6. The molecule has 8 nitrogen and oxygen atoms in total. The highest BCUT2D eigenvalue weighted by molar-refractivity contribution is 7.95. The van der Waals surface area contributed by atoms with Gasteiger partial charge >= 0.3 is 0 Å². The number of sulfonamides is 1. The highest BCUT2D eigenvalue weighted by atomic mass is 32.3. The van der Waals surface area contributed by atoms with Crippen LogP contribution in [0.2, 0.25) is 0 Å². The second-order valence-electron chi connectivity index (χ2n) is 8.65. The number of benzene rings is 1. The third-order valence-electron chi connectivity index (χ3n) is 6.53. The third-order valence-corrected chi connectivity index (χ3v) is 8.44. The Morgan fingerprint density at radius 2 is 1.81 bits per heavy atom. The first-order chi connectivity index (χ1) is 15.4. The van der Waals surface area contributed by atoms with Crippen LogP contribution in [0.5, 0.6) is 0 Å². The van der Waals surface area contributed by atoms with Crippen molar-refractivity contribution in [2.24, 2.45) is 7.05 Å².